The number of carbonyl (C=O) groups excluding carboxylic acids is 1. The van der Waals surface area contributed by atoms with Crippen molar-refractivity contribution < 1.29 is 27.9 Å². The molecule has 0 aromatic heterocycles. The fourth-order valence-electron chi connectivity index (χ4n) is 3.45. The molecule has 4 nitrogen and oxygen atoms in total. The molecule has 1 unspecified atom stereocenters. The van der Waals surface area contributed by atoms with Gasteiger partial charge in [0.25, 0.3) is 0 Å². The Balaban J connectivity index is 2.31. The van der Waals surface area contributed by atoms with E-state index >= 15 is 0 Å². The van der Waals surface area contributed by atoms with Crippen LogP contribution in [0.1, 0.15) is 32.8 Å². The van der Waals surface area contributed by atoms with Gasteiger partial charge in [0.2, 0.25) is 5.91 Å². The number of allylic oxidation sites excluding steroid dienone is 4. The van der Waals surface area contributed by atoms with Crippen molar-refractivity contribution in [2.45, 2.75) is 39.8 Å². The SMILES string of the molecule is C[C@H]([C@H](C(=O)Nc1cc(CC(C)(C)C(=O)O)ccc1Cl)C1C=CC(Cl)=CC1)C(F)(F)F. The lowest BCUT2D eigenvalue weighted by molar-refractivity contribution is -0.188. The van der Waals surface area contributed by atoms with Crippen LogP contribution in [0.3, 0.4) is 0 Å². The highest BCUT2D eigenvalue weighted by Crippen LogP contribution is 2.40. The van der Waals surface area contributed by atoms with Crippen LogP contribution < -0.4 is 5.32 Å². The molecule has 0 bridgehead atoms. The second kappa shape index (κ2) is 9.65. The summed E-state index contributed by atoms with van der Waals surface area (Å²) in [7, 11) is 0. The van der Waals surface area contributed by atoms with Gasteiger partial charge in [-0.1, -0.05) is 48.3 Å². The molecule has 0 radical (unpaired) electrons. The topological polar surface area (TPSA) is 66.4 Å². The monoisotopic (exact) mass is 477 g/mol. The number of halogens is 5. The number of anilines is 1. The number of amides is 1. The van der Waals surface area contributed by atoms with Crippen molar-refractivity contribution in [2.24, 2.45) is 23.2 Å². The van der Waals surface area contributed by atoms with Crippen LogP contribution in [-0.2, 0) is 16.0 Å². The Morgan fingerprint density at radius 3 is 2.42 bits per heavy atom. The first-order valence-electron chi connectivity index (χ1n) is 9.65. The summed E-state index contributed by atoms with van der Waals surface area (Å²) < 4.78 is 40.5. The first-order valence-corrected chi connectivity index (χ1v) is 10.4. The van der Waals surface area contributed by atoms with E-state index in [1.165, 1.54) is 24.3 Å². The molecular formula is C22H24Cl2F3NO3. The lowest BCUT2D eigenvalue weighted by atomic mass is 9.78. The third-order valence-electron chi connectivity index (χ3n) is 5.42. The Kier molecular flexibility index (Phi) is 7.87. The van der Waals surface area contributed by atoms with Gasteiger partial charge in [-0.05, 0) is 56.4 Å². The predicted molar refractivity (Wildman–Crippen MR) is 115 cm³/mol. The Morgan fingerprint density at radius 1 is 1.26 bits per heavy atom. The first-order chi connectivity index (χ1) is 14.2. The van der Waals surface area contributed by atoms with Gasteiger partial charge in [0.05, 0.1) is 28.0 Å². The fraction of sp³-hybridized carbons (Fsp3) is 0.455. The third kappa shape index (κ3) is 6.50. The molecule has 1 aromatic carbocycles. The van der Waals surface area contributed by atoms with Gasteiger partial charge in [0.1, 0.15) is 0 Å². The van der Waals surface area contributed by atoms with Crippen LogP contribution in [-0.4, -0.2) is 23.2 Å². The molecule has 170 valence electrons. The maximum atomic E-state index is 13.5. The molecule has 0 aliphatic heterocycles. The van der Waals surface area contributed by atoms with Crippen LogP contribution in [0.25, 0.3) is 0 Å². The number of carboxylic acid groups (broad SMARTS) is 1. The third-order valence-corrected chi connectivity index (χ3v) is 6.03. The van der Waals surface area contributed by atoms with Crippen molar-refractivity contribution in [3.63, 3.8) is 0 Å². The molecule has 0 spiro atoms. The van der Waals surface area contributed by atoms with E-state index in [2.05, 4.69) is 5.32 Å². The lowest BCUT2D eigenvalue weighted by Gasteiger charge is -2.31. The van der Waals surface area contributed by atoms with E-state index < -0.39 is 41.2 Å². The van der Waals surface area contributed by atoms with E-state index in [1.54, 1.807) is 26.0 Å². The highest BCUT2D eigenvalue weighted by Gasteiger charge is 2.47. The molecule has 1 aromatic rings. The van der Waals surface area contributed by atoms with Crippen LogP contribution in [0.15, 0.2) is 41.5 Å². The molecule has 0 saturated heterocycles. The van der Waals surface area contributed by atoms with Crippen LogP contribution in [0.5, 0.6) is 0 Å². The maximum Gasteiger partial charge on any atom is 0.392 e. The number of carboxylic acids is 1. The Morgan fingerprint density at radius 2 is 1.90 bits per heavy atom. The molecule has 2 N–H and O–H groups in total. The summed E-state index contributed by atoms with van der Waals surface area (Å²) in [5.74, 6) is -5.80. The molecule has 3 atom stereocenters. The summed E-state index contributed by atoms with van der Waals surface area (Å²) in [5, 5.41) is 12.4. The zero-order valence-corrected chi connectivity index (χ0v) is 18.8. The van der Waals surface area contributed by atoms with Gasteiger partial charge in [0.15, 0.2) is 0 Å². The summed E-state index contributed by atoms with van der Waals surface area (Å²) in [5.41, 5.74) is -0.348. The highest BCUT2D eigenvalue weighted by atomic mass is 35.5. The quantitative estimate of drug-likeness (QED) is 0.474. The first kappa shape index (κ1) is 25.3. The largest absolute Gasteiger partial charge is 0.481 e. The van der Waals surface area contributed by atoms with Crippen molar-refractivity contribution >= 4 is 40.8 Å². The van der Waals surface area contributed by atoms with Crippen LogP contribution in [0, 0.1) is 23.2 Å². The lowest BCUT2D eigenvalue weighted by Crippen LogP contribution is -2.40. The number of rotatable bonds is 7. The van der Waals surface area contributed by atoms with E-state index in [1.807, 2.05) is 0 Å². The minimum absolute atomic E-state index is 0.137. The summed E-state index contributed by atoms with van der Waals surface area (Å²) in [6.45, 7) is 4.08. The summed E-state index contributed by atoms with van der Waals surface area (Å²) in [6.07, 6.45) is 0.367. The van der Waals surface area contributed by atoms with Crippen molar-refractivity contribution in [1.82, 2.24) is 0 Å². The van der Waals surface area contributed by atoms with Gasteiger partial charge in [-0.2, -0.15) is 13.2 Å². The molecule has 2 rings (SSSR count). The van der Waals surface area contributed by atoms with E-state index in [4.69, 9.17) is 23.2 Å². The number of benzene rings is 1. The summed E-state index contributed by atoms with van der Waals surface area (Å²) in [6, 6.07) is 4.60. The second-order valence-corrected chi connectivity index (χ2v) is 9.22. The van der Waals surface area contributed by atoms with Gasteiger partial charge in [-0.3, -0.25) is 9.59 Å². The number of hydrogen-bond donors (Lipinski definition) is 2. The van der Waals surface area contributed by atoms with Gasteiger partial charge < -0.3 is 10.4 Å². The zero-order valence-electron chi connectivity index (χ0n) is 17.3. The minimum atomic E-state index is -4.57. The predicted octanol–water partition coefficient (Wildman–Crippen LogP) is 6.45. The molecule has 0 saturated carbocycles. The molecule has 1 aliphatic rings. The summed E-state index contributed by atoms with van der Waals surface area (Å²) >= 11 is 12.0. The smallest absolute Gasteiger partial charge is 0.392 e. The van der Waals surface area contributed by atoms with Crippen molar-refractivity contribution in [2.75, 3.05) is 5.32 Å². The van der Waals surface area contributed by atoms with Crippen molar-refractivity contribution in [1.29, 1.82) is 0 Å². The number of nitrogens with one attached hydrogen (secondary N) is 1. The maximum absolute atomic E-state index is 13.5. The Labute approximate surface area is 189 Å². The average molecular weight is 478 g/mol. The number of aliphatic carboxylic acids is 1. The molecular weight excluding hydrogens is 454 g/mol. The van der Waals surface area contributed by atoms with Crippen LogP contribution >= 0.6 is 23.2 Å². The van der Waals surface area contributed by atoms with Gasteiger partial charge >= 0.3 is 12.1 Å². The van der Waals surface area contributed by atoms with Crippen LogP contribution in [0.2, 0.25) is 5.02 Å². The minimum Gasteiger partial charge on any atom is -0.481 e. The number of alkyl halides is 3. The zero-order chi connectivity index (χ0) is 23.6. The number of carbonyl (C=O) groups is 2. The van der Waals surface area contributed by atoms with Crippen molar-refractivity contribution in [3.05, 3.63) is 52.0 Å². The summed E-state index contributed by atoms with van der Waals surface area (Å²) in [4.78, 5) is 24.4. The second-order valence-electron chi connectivity index (χ2n) is 8.37. The molecule has 0 fully saturated rings. The highest BCUT2D eigenvalue weighted by molar-refractivity contribution is 6.33. The van der Waals surface area contributed by atoms with Gasteiger partial charge in [-0.15, -0.1) is 0 Å². The van der Waals surface area contributed by atoms with E-state index in [0.29, 0.717) is 10.6 Å². The Hall–Kier alpha value is -1.99. The van der Waals surface area contributed by atoms with Gasteiger partial charge in [-0.25, -0.2) is 0 Å². The van der Waals surface area contributed by atoms with Crippen molar-refractivity contribution in [3.8, 4) is 0 Å². The Bertz CT molecular complexity index is 910. The van der Waals surface area contributed by atoms with E-state index in [0.717, 1.165) is 6.92 Å². The molecule has 0 heterocycles. The standard InChI is InChI=1S/C22H24Cl2F3NO3/c1-12(22(25,26)27)18(14-5-7-15(23)8-6-14)19(29)28-17-10-13(4-9-16(17)24)11-21(2,3)20(30)31/h4-5,7-10,12,14,18H,6,11H2,1-3H3,(H,28,29)(H,30,31)/t12-,14?,18+/m1/s1. The van der Waals surface area contributed by atoms with E-state index in [9.17, 15) is 27.9 Å². The molecule has 31 heavy (non-hydrogen) atoms. The molecule has 9 heteroatoms. The molecule has 1 aliphatic carbocycles. The molecule has 1 amide bonds. The van der Waals surface area contributed by atoms with Gasteiger partial charge in [0, 0.05) is 5.03 Å². The van der Waals surface area contributed by atoms with E-state index in [-0.39, 0.29) is 23.6 Å². The number of hydrogen-bond acceptors (Lipinski definition) is 2. The fourth-order valence-corrected chi connectivity index (χ4v) is 3.78. The normalized spacial score (nSPS) is 18.8. The van der Waals surface area contributed by atoms with Crippen LogP contribution in [0.4, 0.5) is 18.9 Å². The average Bonchev–Trinajstić information content (AvgIpc) is 2.65.